The lowest BCUT2D eigenvalue weighted by molar-refractivity contribution is 0.0990. The van der Waals surface area contributed by atoms with Crippen LogP contribution in [0.1, 0.15) is 10.4 Å². The molecule has 0 bridgehead atoms. The number of nitrogens with zero attached hydrogens (tertiary/aromatic N) is 3. The van der Waals surface area contributed by atoms with E-state index < -0.39 is 0 Å². The molecule has 0 N–H and O–H groups in total. The summed E-state index contributed by atoms with van der Waals surface area (Å²) in [6.07, 6.45) is 1.70. The summed E-state index contributed by atoms with van der Waals surface area (Å²) in [5.41, 5.74) is 3.12. The van der Waals surface area contributed by atoms with Gasteiger partial charge in [-0.3, -0.25) is 4.79 Å². The van der Waals surface area contributed by atoms with Gasteiger partial charge in [0.1, 0.15) is 18.2 Å². The highest BCUT2D eigenvalue weighted by molar-refractivity contribution is 6.33. The van der Waals surface area contributed by atoms with Crippen LogP contribution in [0.25, 0.3) is 11.1 Å². The van der Waals surface area contributed by atoms with Crippen molar-refractivity contribution in [3.05, 3.63) is 70.3 Å². The Labute approximate surface area is 196 Å². The first-order valence-corrected chi connectivity index (χ1v) is 11.2. The van der Waals surface area contributed by atoms with Crippen molar-refractivity contribution >= 4 is 40.6 Å². The molecule has 0 radical (unpaired) electrons. The van der Waals surface area contributed by atoms with Crippen molar-refractivity contribution in [2.45, 2.75) is 0 Å². The molecule has 3 aromatic rings. The van der Waals surface area contributed by atoms with Crippen LogP contribution in [0.15, 0.2) is 54.7 Å². The van der Waals surface area contributed by atoms with Gasteiger partial charge in [-0.05, 0) is 41.5 Å². The second-order valence-electron chi connectivity index (χ2n) is 7.62. The molecule has 3 heterocycles. The summed E-state index contributed by atoms with van der Waals surface area (Å²) in [5.74, 6) is 1.14. The van der Waals surface area contributed by atoms with Crippen LogP contribution in [0.4, 0.5) is 11.5 Å². The van der Waals surface area contributed by atoms with E-state index in [1.807, 2.05) is 36.4 Å². The number of halogens is 2. The number of benzene rings is 2. The summed E-state index contributed by atoms with van der Waals surface area (Å²) in [5, 5.41) is 1.19. The fourth-order valence-electron chi connectivity index (χ4n) is 3.96. The number of carbonyl (C=O) groups is 1. The van der Waals surface area contributed by atoms with Crippen LogP contribution in [0.5, 0.6) is 5.75 Å². The van der Waals surface area contributed by atoms with Gasteiger partial charge in [-0.15, -0.1) is 0 Å². The summed E-state index contributed by atoms with van der Waals surface area (Å²) in [6, 6.07) is 15.0. The SMILES string of the molecule is O=C1c2ccc(-c3ccc(Cl)cc3)cc2OCCN1c1cnc(N2CCOCC2)c(Cl)c1. The van der Waals surface area contributed by atoms with E-state index in [-0.39, 0.29) is 5.91 Å². The van der Waals surface area contributed by atoms with Gasteiger partial charge in [0.15, 0.2) is 0 Å². The lowest BCUT2D eigenvalue weighted by atomic mass is 10.0. The summed E-state index contributed by atoms with van der Waals surface area (Å²) in [4.78, 5) is 21.7. The number of amides is 1. The molecule has 1 saturated heterocycles. The van der Waals surface area contributed by atoms with E-state index in [1.165, 1.54) is 0 Å². The van der Waals surface area contributed by atoms with Crippen molar-refractivity contribution in [2.24, 2.45) is 0 Å². The zero-order valence-corrected chi connectivity index (χ0v) is 18.8. The Morgan fingerprint density at radius 3 is 2.38 bits per heavy atom. The number of aromatic nitrogens is 1. The number of ether oxygens (including phenoxy) is 2. The van der Waals surface area contributed by atoms with Crippen molar-refractivity contribution in [1.82, 2.24) is 4.98 Å². The van der Waals surface area contributed by atoms with Gasteiger partial charge >= 0.3 is 0 Å². The minimum absolute atomic E-state index is 0.142. The molecule has 0 aliphatic carbocycles. The predicted molar refractivity (Wildman–Crippen MR) is 126 cm³/mol. The minimum Gasteiger partial charge on any atom is -0.491 e. The third-order valence-electron chi connectivity index (χ3n) is 5.64. The first kappa shape index (κ1) is 21.1. The topological polar surface area (TPSA) is 54.9 Å². The summed E-state index contributed by atoms with van der Waals surface area (Å²) >= 11 is 12.5. The summed E-state index contributed by atoms with van der Waals surface area (Å²) in [6.45, 7) is 3.55. The van der Waals surface area contributed by atoms with Crippen molar-refractivity contribution in [3.8, 4) is 16.9 Å². The van der Waals surface area contributed by atoms with Gasteiger partial charge in [-0.1, -0.05) is 41.4 Å². The van der Waals surface area contributed by atoms with Gasteiger partial charge in [0.25, 0.3) is 5.91 Å². The number of fused-ring (bicyclic) bond motifs is 1. The van der Waals surface area contributed by atoms with Gasteiger partial charge in [-0.25, -0.2) is 4.98 Å². The molecule has 5 rings (SSSR count). The monoisotopic (exact) mass is 469 g/mol. The number of carbonyl (C=O) groups excluding carboxylic acids is 1. The molecule has 1 fully saturated rings. The number of rotatable bonds is 3. The molecule has 0 saturated carbocycles. The van der Waals surface area contributed by atoms with Crippen LogP contribution in [0, 0.1) is 0 Å². The average molecular weight is 470 g/mol. The molecule has 2 aliphatic rings. The zero-order chi connectivity index (χ0) is 22.1. The van der Waals surface area contributed by atoms with Crippen LogP contribution in [0.3, 0.4) is 0 Å². The van der Waals surface area contributed by atoms with E-state index in [9.17, 15) is 4.79 Å². The molecular weight excluding hydrogens is 449 g/mol. The molecular formula is C24H21Cl2N3O3. The number of hydrogen-bond acceptors (Lipinski definition) is 5. The number of pyridine rings is 1. The van der Waals surface area contributed by atoms with E-state index in [4.69, 9.17) is 32.7 Å². The summed E-state index contributed by atoms with van der Waals surface area (Å²) in [7, 11) is 0. The highest BCUT2D eigenvalue weighted by atomic mass is 35.5. The fourth-order valence-corrected chi connectivity index (χ4v) is 4.36. The Hall–Kier alpha value is -2.80. The van der Waals surface area contributed by atoms with Gasteiger partial charge in [0.2, 0.25) is 0 Å². The van der Waals surface area contributed by atoms with Gasteiger partial charge < -0.3 is 19.3 Å². The van der Waals surface area contributed by atoms with E-state index in [1.54, 1.807) is 23.2 Å². The van der Waals surface area contributed by atoms with E-state index >= 15 is 0 Å². The quantitative estimate of drug-likeness (QED) is 0.544. The largest absolute Gasteiger partial charge is 0.491 e. The van der Waals surface area contributed by atoms with Crippen LogP contribution in [0.2, 0.25) is 10.0 Å². The normalized spacial score (nSPS) is 16.4. The number of hydrogen-bond donors (Lipinski definition) is 0. The van der Waals surface area contributed by atoms with Crippen LogP contribution >= 0.6 is 23.2 Å². The molecule has 2 aromatic carbocycles. The van der Waals surface area contributed by atoms with Crippen molar-refractivity contribution in [3.63, 3.8) is 0 Å². The predicted octanol–water partition coefficient (Wildman–Crippen LogP) is 4.93. The van der Waals surface area contributed by atoms with Crippen molar-refractivity contribution in [2.75, 3.05) is 49.3 Å². The lowest BCUT2D eigenvalue weighted by Crippen LogP contribution is -2.37. The van der Waals surface area contributed by atoms with E-state index in [0.717, 1.165) is 24.2 Å². The Morgan fingerprint density at radius 1 is 0.875 bits per heavy atom. The maximum Gasteiger partial charge on any atom is 0.262 e. The van der Waals surface area contributed by atoms with Gasteiger partial charge in [0, 0.05) is 18.1 Å². The molecule has 0 atom stereocenters. The average Bonchev–Trinajstić information content (AvgIpc) is 2.98. The highest BCUT2D eigenvalue weighted by Gasteiger charge is 2.26. The molecule has 6 nitrogen and oxygen atoms in total. The van der Waals surface area contributed by atoms with Crippen molar-refractivity contribution < 1.29 is 14.3 Å². The zero-order valence-electron chi connectivity index (χ0n) is 17.3. The van der Waals surface area contributed by atoms with E-state index in [2.05, 4.69) is 9.88 Å². The second-order valence-corrected chi connectivity index (χ2v) is 8.47. The second kappa shape index (κ2) is 8.98. The Kier molecular flexibility index (Phi) is 5.91. The Bertz CT molecular complexity index is 1150. The van der Waals surface area contributed by atoms with Gasteiger partial charge in [0.05, 0.1) is 42.2 Å². The third kappa shape index (κ3) is 4.13. The molecule has 1 amide bonds. The minimum atomic E-state index is -0.142. The molecule has 1 aromatic heterocycles. The molecule has 0 spiro atoms. The van der Waals surface area contributed by atoms with Crippen LogP contribution in [-0.4, -0.2) is 50.3 Å². The fraction of sp³-hybridized carbons (Fsp3) is 0.250. The third-order valence-corrected chi connectivity index (χ3v) is 6.17. The molecule has 32 heavy (non-hydrogen) atoms. The van der Waals surface area contributed by atoms with Crippen LogP contribution in [-0.2, 0) is 4.74 Å². The smallest absolute Gasteiger partial charge is 0.262 e. The molecule has 0 unspecified atom stereocenters. The molecule has 2 aliphatic heterocycles. The Balaban J connectivity index is 1.42. The molecule has 164 valence electrons. The highest BCUT2D eigenvalue weighted by Crippen LogP contribution is 2.33. The van der Waals surface area contributed by atoms with Crippen molar-refractivity contribution in [1.29, 1.82) is 0 Å². The molecule has 8 heteroatoms. The van der Waals surface area contributed by atoms with Crippen LogP contribution < -0.4 is 14.5 Å². The Morgan fingerprint density at radius 2 is 1.62 bits per heavy atom. The standard InChI is InChI=1S/C24H21Cl2N3O3/c25-18-4-1-16(2-5-18)17-3-6-20-22(13-17)32-12-9-29(24(20)30)19-14-21(26)23(27-15-19)28-7-10-31-11-8-28/h1-6,13-15H,7-12H2. The van der Waals surface area contributed by atoms with E-state index in [0.29, 0.717) is 59.2 Å². The lowest BCUT2D eigenvalue weighted by Gasteiger charge is -2.29. The first-order valence-electron chi connectivity index (χ1n) is 10.4. The maximum absolute atomic E-state index is 13.4. The first-order chi connectivity index (χ1) is 15.6. The maximum atomic E-state index is 13.4. The number of morpholine rings is 1. The summed E-state index contributed by atoms with van der Waals surface area (Å²) < 4.78 is 11.3. The number of anilines is 2. The van der Waals surface area contributed by atoms with Gasteiger partial charge in [-0.2, -0.15) is 0 Å².